The largest absolute Gasteiger partial charge is 0.417 e. The number of halogens is 3. The summed E-state index contributed by atoms with van der Waals surface area (Å²) in [6, 6.07) is 4.38. The predicted molar refractivity (Wildman–Crippen MR) is 99.8 cm³/mol. The fourth-order valence-corrected chi connectivity index (χ4v) is 4.05. The van der Waals surface area contributed by atoms with Crippen LogP contribution in [0.25, 0.3) is 0 Å². The summed E-state index contributed by atoms with van der Waals surface area (Å²) < 4.78 is 39.5. The van der Waals surface area contributed by atoms with Crippen molar-refractivity contribution in [3.8, 4) is 0 Å². The highest BCUT2D eigenvalue weighted by Gasteiger charge is 2.36. The van der Waals surface area contributed by atoms with Gasteiger partial charge in [0, 0.05) is 32.1 Å². The van der Waals surface area contributed by atoms with Crippen molar-refractivity contribution in [2.75, 3.05) is 31.5 Å². The number of nitrogens with zero attached hydrogens (tertiary/aromatic N) is 4. The summed E-state index contributed by atoms with van der Waals surface area (Å²) in [5.41, 5.74) is -1.33. The first-order valence-electron chi connectivity index (χ1n) is 9.18. The van der Waals surface area contributed by atoms with Crippen molar-refractivity contribution in [1.82, 2.24) is 20.0 Å². The van der Waals surface area contributed by atoms with Crippen LogP contribution >= 0.6 is 11.3 Å². The van der Waals surface area contributed by atoms with Crippen LogP contribution in [0.1, 0.15) is 39.7 Å². The lowest BCUT2D eigenvalue weighted by Crippen LogP contribution is -2.51. The number of benzene rings is 1. The number of alkyl halides is 3. The number of aromatic nitrogens is 2. The molecule has 0 unspecified atom stereocenters. The van der Waals surface area contributed by atoms with Gasteiger partial charge in [0.25, 0.3) is 5.91 Å². The smallest absolute Gasteiger partial charge is 0.335 e. The lowest BCUT2D eigenvalue weighted by Gasteiger charge is -2.34. The quantitative estimate of drug-likeness (QED) is 0.817. The minimum absolute atomic E-state index is 0.155. The van der Waals surface area contributed by atoms with Gasteiger partial charge in [0.05, 0.1) is 11.1 Å². The molecule has 29 heavy (non-hydrogen) atoms. The molecule has 0 radical (unpaired) electrons. The Morgan fingerprint density at radius 3 is 2.34 bits per heavy atom. The molecule has 154 valence electrons. The van der Waals surface area contributed by atoms with Crippen LogP contribution < -0.4 is 5.32 Å². The maximum atomic E-state index is 13.2. The topological polar surface area (TPSA) is 78.4 Å². The van der Waals surface area contributed by atoms with E-state index in [9.17, 15) is 22.8 Å². The van der Waals surface area contributed by atoms with Crippen LogP contribution in [0.4, 0.5) is 23.1 Å². The molecular weight excluding hydrogens is 407 g/mol. The molecule has 2 aromatic rings. The summed E-state index contributed by atoms with van der Waals surface area (Å²) in [4.78, 5) is 27.8. The highest BCUT2D eigenvalue weighted by Crippen LogP contribution is 2.42. The van der Waals surface area contributed by atoms with Gasteiger partial charge in [0.1, 0.15) is 5.01 Å². The molecule has 1 aromatic heterocycles. The molecular formula is C18H18F3N5O2S. The van der Waals surface area contributed by atoms with Gasteiger partial charge in [-0.3, -0.25) is 10.1 Å². The monoisotopic (exact) mass is 425 g/mol. The lowest BCUT2D eigenvalue weighted by molar-refractivity contribution is -0.138. The Bertz CT molecular complexity index is 920. The van der Waals surface area contributed by atoms with Crippen molar-refractivity contribution >= 4 is 28.4 Å². The minimum atomic E-state index is -4.60. The lowest BCUT2D eigenvalue weighted by atomic mass is 10.1. The molecule has 2 heterocycles. The Hall–Kier alpha value is -2.69. The zero-order valence-corrected chi connectivity index (χ0v) is 16.1. The van der Waals surface area contributed by atoms with E-state index < -0.39 is 17.6 Å². The van der Waals surface area contributed by atoms with Gasteiger partial charge >= 0.3 is 12.2 Å². The summed E-state index contributed by atoms with van der Waals surface area (Å²) in [6.45, 7) is 0.754. The van der Waals surface area contributed by atoms with Gasteiger partial charge in [-0.2, -0.15) is 13.2 Å². The fourth-order valence-electron chi connectivity index (χ4n) is 3.15. The molecule has 4 rings (SSSR count). The van der Waals surface area contributed by atoms with Crippen molar-refractivity contribution < 1.29 is 22.8 Å². The van der Waals surface area contributed by atoms with Crippen LogP contribution in [0.5, 0.6) is 0 Å². The van der Waals surface area contributed by atoms with Crippen LogP contribution in [0.3, 0.4) is 0 Å². The molecule has 1 aliphatic carbocycles. The molecule has 11 heteroatoms. The third-order valence-corrected chi connectivity index (χ3v) is 5.90. The predicted octanol–water partition coefficient (Wildman–Crippen LogP) is 3.42. The number of urea groups is 1. The van der Waals surface area contributed by atoms with E-state index in [1.165, 1.54) is 39.3 Å². The van der Waals surface area contributed by atoms with Gasteiger partial charge in [-0.05, 0) is 25.0 Å². The van der Waals surface area contributed by atoms with Gasteiger partial charge in [-0.15, -0.1) is 10.2 Å². The number of nitrogens with one attached hydrogen (secondary N) is 1. The summed E-state index contributed by atoms with van der Waals surface area (Å²) in [6.07, 6.45) is -2.42. The molecule has 0 spiro atoms. The molecule has 3 amide bonds. The van der Waals surface area contributed by atoms with E-state index in [0.29, 0.717) is 11.0 Å². The molecule has 1 aliphatic heterocycles. The third-order valence-electron chi connectivity index (χ3n) is 4.90. The summed E-state index contributed by atoms with van der Waals surface area (Å²) >= 11 is 1.35. The van der Waals surface area contributed by atoms with Gasteiger partial charge < -0.3 is 9.80 Å². The Kier molecular flexibility index (Phi) is 5.15. The number of carbonyl (C=O) groups is 2. The van der Waals surface area contributed by atoms with Gasteiger partial charge in [0.15, 0.2) is 0 Å². The maximum absolute atomic E-state index is 13.2. The van der Waals surface area contributed by atoms with Crippen LogP contribution in [0.2, 0.25) is 0 Å². The summed E-state index contributed by atoms with van der Waals surface area (Å²) in [5, 5.41) is 12.1. The molecule has 1 aromatic carbocycles. The number of anilines is 1. The zero-order valence-electron chi connectivity index (χ0n) is 15.3. The van der Waals surface area contributed by atoms with Gasteiger partial charge in [-0.25, -0.2) is 4.79 Å². The van der Waals surface area contributed by atoms with Crippen LogP contribution in [0.15, 0.2) is 24.3 Å². The van der Waals surface area contributed by atoms with Gasteiger partial charge in [-0.1, -0.05) is 23.5 Å². The van der Waals surface area contributed by atoms with Crippen LogP contribution in [-0.4, -0.2) is 58.1 Å². The Morgan fingerprint density at radius 1 is 1.03 bits per heavy atom. The Labute approximate surface area is 168 Å². The Morgan fingerprint density at radius 2 is 1.69 bits per heavy atom. The van der Waals surface area contributed by atoms with Crippen LogP contribution in [0, 0.1) is 0 Å². The highest BCUT2D eigenvalue weighted by atomic mass is 32.1. The second-order valence-electron chi connectivity index (χ2n) is 6.97. The summed E-state index contributed by atoms with van der Waals surface area (Å²) in [5.74, 6) is -0.233. The fraction of sp³-hybridized carbons (Fsp3) is 0.444. The highest BCUT2D eigenvalue weighted by molar-refractivity contribution is 7.15. The zero-order chi connectivity index (χ0) is 20.6. The average molecular weight is 425 g/mol. The first-order valence-corrected chi connectivity index (χ1v) is 9.99. The second kappa shape index (κ2) is 7.62. The number of piperazine rings is 1. The molecule has 0 bridgehead atoms. The van der Waals surface area contributed by atoms with Crippen molar-refractivity contribution in [2.24, 2.45) is 0 Å². The normalized spacial score (nSPS) is 17.3. The molecule has 1 saturated heterocycles. The molecule has 0 atom stereocenters. The number of amides is 3. The molecule has 2 fully saturated rings. The van der Waals surface area contributed by atoms with E-state index in [-0.39, 0.29) is 37.8 Å². The number of hydrogen-bond donors (Lipinski definition) is 1. The van der Waals surface area contributed by atoms with E-state index in [0.717, 1.165) is 23.9 Å². The summed E-state index contributed by atoms with van der Waals surface area (Å²) in [7, 11) is 0. The van der Waals surface area contributed by atoms with Crippen molar-refractivity contribution in [1.29, 1.82) is 0 Å². The second-order valence-corrected chi connectivity index (χ2v) is 7.98. The molecule has 7 nitrogen and oxygen atoms in total. The minimum Gasteiger partial charge on any atom is -0.335 e. The van der Waals surface area contributed by atoms with E-state index in [1.54, 1.807) is 0 Å². The first-order chi connectivity index (χ1) is 13.8. The number of carbonyl (C=O) groups excluding carboxylic acids is 2. The van der Waals surface area contributed by atoms with Gasteiger partial charge in [0.2, 0.25) is 5.13 Å². The maximum Gasteiger partial charge on any atom is 0.417 e. The molecule has 1 saturated carbocycles. The van der Waals surface area contributed by atoms with E-state index in [4.69, 9.17) is 0 Å². The van der Waals surface area contributed by atoms with Crippen molar-refractivity contribution in [2.45, 2.75) is 24.9 Å². The molecule has 1 N–H and O–H groups in total. The average Bonchev–Trinajstić information content (AvgIpc) is 3.46. The standard InChI is InChI=1S/C18H18F3N5O2S/c19-18(20,21)13-4-2-1-3-12(13)15(27)25-7-9-26(10-8-25)17(28)22-16-24-23-14(29-16)11-5-6-11/h1-4,11H,5-10H2,(H,22,24,28). The number of rotatable bonds is 3. The number of hydrogen-bond acceptors (Lipinski definition) is 5. The van der Waals surface area contributed by atoms with Crippen molar-refractivity contribution in [3.63, 3.8) is 0 Å². The third kappa shape index (κ3) is 4.34. The van der Waals surface area contributed by atoms with E-state index >= 15 is 0 Å². The van der Waals surface area contributed by atoms with E-state index in [2.05, 4.69) is 15.5 Å². The SMILES string of the molecule is O=C(Nc1nnc(C2CC2)s1)N1CCN(C(=O)c2ccccc2C(F)(F)F)CC1. The Balaban J connectivity index is 1.35. The van der Waals surface area contributed by atoms with E-state index in [1.807, 2.05) is 0 Å². The molecule has 2 aliphatic rings. The van der Waals surface area contributed by atoms with Crippen LogP contribution in [-0.2, 0) is 6.18 Å². The first kappa shape index (κ1) is 19.6. The van der Waals surface area contributed by atoms with Crippen molar-refractivity contribution in [3.05, 3.63) is 40.4 Å².